The van der Waals surface area contributed by atoms with Gasteiger partial charge >= 0.3 is 5.69 Å². The highest BCUT2D eigenvalue weighted by molar-refractivity contribution is 7.59. The lowest BCUT2D eigenvalue weighted by molar-refractivity contribution is -0.276. The summed E-state index contributed by atoms with van der Waals surface area (Å²) in [7, 11) is -11.6. The van der Waals surface area contributed by atoms with Gasteiger partial charge in [0.25, 0.3) is 21.2 Å². The molecular weight excluding hydrogens is 526 g/mol. The van der Waals surface area contributed by atoms with E-state index >= 15 is 0 Å². The van der Waals surface area contributed by atoms with Crippen molar-refractivity contribution >= 4 is 21.4 Å². The molecule has 2 aliphatic heterocycles. The third kappa shape index (κ3) is 6.39. The number of phosphoric acid groups is 2. The molecule has 2 fully saturated rings. The van der Waals surface area contributed by atoms with Crippen LogP contribution in [0.1, 0.15) is 13.2 Å². The number of aromatic amines is 1. The number of Topliss-reactive ketones (excluding diaryl/α,β-unsaturated/α-hetero) is 1. The van der Waals surface area contributed by atoms with Gasteiger partial charge in [-0.2, -0.15) is 0 Å². The number of aromatic nitrogens is 2. The number of hydrogen-bond donors (Lipinski definition) is 5. The number of carbonyl (C=O) groups excluding carboxylic acids is 1. The van der Waals surface area contributed by atoms with Gasteiger partial charge in [0.2, 0.25) is 0 Å². The first-order valence-electron chi connectivity index (χ1n) is 9.66. The van der Waals surface area contributed by atoms with Gasteiger partial charge in [-0.1, -0.05) is 0 Å². The summed E-state index contributed by atoms with van der Waals surface area (Å²) in [5.74, 6) is -0.975. The molecule has 0 bridgehead atoms. The molecule has 10 atom stereocenters. The minimum Gasteiger partial charge on any atom is -0.756 e. The Balaban J connectivity index is 1.61. The van der Waals surface area contributed by atoms with Crippen LogP contribution < -0.4 is 21.0 Å². The predicted octanol–water partition coefficient (Wildman–Crippen LogP) is -4.82. The van der Waals surface area contributed by atoms with Crippen molar-refractivity contribution in [2.75, 3.05) is 6.61 Å². The van der Waals surface area contributed by atoms with Gasteiger partial charge in [-0.05, 0) is 6.92 Å². The number of nitrogens with zero attached hydrogens (tertiary/aromatic N) is 1. The maximum absolute atomic E-state index is 12.0. The first kappa shape index (κ1) is 27.9. The Labute approximate surface area is 194 Å². The van der Waals surface area contributed by atoms with Crippen molar-refractivity contribution in [3.63, 3.8) is 0 Å². The molecule has 0 spiro atoms. The van der Waals surface area contributed by atoms with E-state index in [9.17, 15) is 53.7 Å². The molecule has 2 saturated heterocycles. The number of ketones is 1. The third-order valence-electron chi connectivity index (χ3n) is 4.93. The quantitative estimate of drug-likeness (QED) is 0.191. The summed E-state index contributed by atoms with van der Waals surface area (Å²) in [4.78, 5) is 60.3. The van der Waals surface area contributed by atoms with E-state index in [1.54, 1.807) is 0 Å². The van der Waals surface area contributed by atoms with E-state index in [4.69, 9.17) is 9.47 Å². The Kier molecular flexibility index (Phi) is 8.30. The zero-order chi connectivity index (χ0) is 26.3. The maximum atomic E-state index is 12.0. The SMILES string of the molecule is C[C@@H]1O[C@H](OP(=O)([O-])OP(=O)([O-])OC[C@H]2O[C@@H](n3ccc(=O)[nH]c3=O)[C@H](O)[C@@H]2O)[C@H](O)[C@H](O)C1=O. The molecule has 3 rings (SSSR count). The normalized spacial score (nSPS) is 37.1. The number of H-pyrrole nitrogens is 1. The van der Waals surface area contributed by atoms with E-state index in [2.05, 4.69) is 13.4 Å². The van der Waals surface area contributed by atoms with E-state index < -0.39 is 88.4 Å². The molecule has 1 aromatic heterocycles. The number of carbonyl (C=O) groups is 1. The van der Waals surface area contributed by atoms with Crippen LogP contribution in [-0.2, 0) is 36.8 Å². The average Bonchev–Trinajstić information content (AvgIpc) is 3.02. The van der Waals surface area contributed by atoms with Crippen LogP contribution in [0.25, 0.3) is 0 Å². The first-order chi connectivity index (χ1) is 16.1. The Hall–Kier alpha value is -1.63. The molecule has 198 valence electrons. The second kappa shape index (κ2) is 10.4. The Bertz CT molecular complexity index is 1150. The minimum atomic E-state index is -5.84. The highest BCUT2D eigenvalue weighted by Gasteiger charge is 2.46. The molecule has 0 radical (unpaired) electrons. The van der Waals surface area contributed by atoms with Gasteiger partial charge in [-0.3, -0.25) is 32.8 Å². The van der Waals surface area contributed by atoms with Crippen LogP contribution in [0.4, 0.5) is 0 Å². The van der Waals surface area contributed by atoms with Crippen LogP contribution in [0.3, 0.4) is 0 Å². The minimum absolute atomic E-state index is 0.706. The van der Waals surface area contributed by atoms with Crippen molar-refractivity contribution in [2.24, 2.45) is 0 Å². The van der Waals surface area contributed by atoms with Crippen LogP contribution in [-0.4, -0.2) is 85.3 Å². The fourth-order valence-electron chi connectivity index (χ4n) is 3.18. The van der Waals surface area contributed by atoms with Crippen molar-refractivity contribution < 1.29 is 67.0 Å². The average molecular weight is 546 g/mol. The summed E-state index contributed by atoms with van der Waals surface area (Å²) in [6.45, 7) is 0.0160. The number of ether oxygens (including phenoxy) is 2. The summed E-state index contributed by atoms with van der Waals surface area (Å²) >= 11 is 0. The number of nitrogens with one attached hydrogen (secondary N) is 1. The van der Waals surface area contributed by atoms with Crippen LogP contribution >= 0.6 is 15.6 Å². The number of phosphoric ester groups is 2. The number of hydrogen-bond acceptors (Lipinski definition) is 16. The number of aliphatic hydroxyl groups is 4. The molecule has 0 aliphatic carbocycles. The lowest BCUT2D eigenvalue weighted by Crippen LogP contribution is -2.54. The lowest BCUT2D eigenvalue weighted by atomic mass is 10.0. The molecule has 1 aromatic rings. The van der Waals surface area contributed by atoms with Crippen molar-refractivity contribution in [3.05, 3.63) is 33.1 Å². The van der Waals surface area contributed by atoms with E-state index in [-0.39, 0.29) is 0 Å². The lowest BCUT2D eigenvalue weighted by Gasteiger charge is -2.38. The second-order valence-electron chi connectivity index (χ2n) is 7.43. The van der Waals surface area contributed by atoms with Crippen LogP contribution in [0.5, 0.6) is 0 Å². The van der Waals surface area contributed by atoms with E-state index in [1.807, 2.05) is 4.98 Å². The smallest absolute Gasteiger partial charge is 0.330 e. The Morgan fingerprint density at radius 1 is 1.06 bits per heavy atom. The zero-order valence-electron chi connectivity index (χ0n) is 17.5. The molecule has 5 N–H and O–H groups in total. The summed E-state index contributed by atoms with van der Waals surface area (Å²) in [5.41, 5.74) is -1.76. The Morgan fingerprint density at radius 3 is 2.34 bits per heavy atom. The van der Waals surface area contributed by atoms with E-state index in [1.165, 1.54) is 0 Å². The summed E-state index contributed by atoms with van der Waals surface area (Å²) in [5, 5.41) is 39.5. The fraction of sp³-hybridized carbons (Fsp3) is 0.667. The molecule has 0 amide bonds. The summed E-state index contributed by atoms with van der Waals surface area (Å²) < 4.78 is 47.1. The van der Waals surface area contributed by atoms with Gasteiger partial charge < -0.3 is 44.2 Å². The van der Waals surface area contributed by atoms with Crippen molar-refractivity contribution in [2.45, 2.75) is 56.1 Å². The second-order valence-corrected chi connectivity index (χ2v) is 10.3. The largest absolute Gasteiger partial charge is 0.756 e. The topological polar surface area (TPSA) is 279 Å². The molecule has 0 saturated carbocycles. The highest BCUT2D eigenvalue weighted by Crippen LogP contribution is 2.56. The van der Waals surface area contributed by atoms with Crippen molar-refractivity contribution in [1.29, 1.82) is 0 Å². The summed E-state index contributed by atoms with van der Waals surface area (Å²) in [6.07, 6.45) is -13.7. The summed E-state index contributed by atoms with van der Waals surface area (Å²) in [6, 6.07) is 0.918. The molecule has 3 heterocycles. The molecule has 0 aromatic carbocycles. The monoisotopic (exact) mass is 546 g/mol. The highest BCUT2D eigenvalue weighted by atomic mass is 31.3. The zero-order valence-corrected chi connectivity index (χ0v) is 19.3. The van der Waals surface area contributed by atoms with Gasteiger partial charge in [-0.15, -0.1) is 0 Å². The van der Waals surface area contributed by atoms with Gasteiger partial charge in [-0.25, -0.2) is 9.11 Å². The van der Waals surface area contributed by atoms with Crippen molar-refractivity contribution in [1.82, 2.24) is 9.55 Å². The molecule has 20 heteroatoms. The first-order valence-corrected chi connectivity index (χ1v) is 12.6. The van der Waals surface area contributed by atoms with Gasteiger partial charge in [0.15, 0.2) is 18.3 Å². The molecule has 2 aliphatic rings. The molecule has 2 unspecified atom stereocenters. The van der Waals surface area contributed by atoms with E-state index in [0.717, 1.165) is 19.2 Å². The number of aliphatic hydroxyl groups excluding tert-OH is 4. The van der Waals surface area contributed by atoms with Crippen LogP contribution in [0.15, 0.2) is 21.9 Å². The van der Waals surface area contributed by atoms with Crippen LogP contribution in [0, 0.1) is 0 Å². The van der Waals surface area contributed by atoms with Gasteiger partial charge in [0.05, 0.1) is 6.61 Å². The van der Waals surface area contributed by atoms with Crippen LogP contribution in [0.2, 0.25) is 0 Å². The fourth-order valence-corrected chi connectivity index (χ4v) is 5.26. The third-order valence-corrected chi connectivity index (χ3v) is 7.46. The molecule has 35 heavy (non-hydrogen) atoms. The molecular formula is C15H20N2O16P2-2. The maximum Gasteiger partial charge on any atom is 0.330 e. The van der Waals surface area contributed by atoms with Crippen molar-refractivity contribution in [3.8, 4) is 0 Å². The number of rotatable bonds is 8. The van der Waals surface area contributed by atoms with E-state index in [0.29, 0.717) is 4.57 Å². The van der Waals surface area contributed by atoms with Gasteiger partial charge in [0, 0.05) is 12.3 Å². The van der Waals surface area contributed by atoms with Gasteiger partial charge in [0.1, 0.15) is 36.6 Å². The predicted molar refractivity (Wildman–Crippen MR) is 102 cm³/mol. The standard InChI is InChI=1S/C15H22N2O16P2/c1-5-8(19)10(21)12(23)14(30-5)32-35(27,28)33-34(25,26)29-4-6-9(20)11(22)13(31-6)17-3-2-7(18)16-15(17)24/h2-3,5-6,9-14,20-23H,4H2,1H3,(H,25,26)(H,27,28)(H,16,18,24)/p-2/t5-,6+,9+,10+,11+,12+,13+,14+/m0/s1. The Morgan fingerprint density at radius 2 is 1.71 bits per heavy atom. The molecule has 18 nitrogen and oxygen atoms in total.